The highest BCUT2D eigenvalue weighted by molar-refractivity contribution is 6.37. The van der Waals surface area contributed by atoms with Crippen LogP contribution in [0.25, 0.3) is 5.69 Å². The highest BCUT2D eigenvalue weighted by atomic mass is 35.5. The molecule has 0 saturated carbocycles. The SMILES string of the molecule is NC(c1ccc2c(c1)CCC2)c1cc(Oc2c(Cl)cc(-n3ncc(=O)[nH]c3=O)cc2Cl)ccc1O. The van der Waals surface area contributed by atoms with Gasteiger partial charge in [-0.15, -0.1) is 0 Å². The second-order valence-electron chi connectivity index (χ2n) is 8.27. The van der Waals surface area contributed by atoms with E-state index in [0.29, 0.717) is 11.3 Å². The number of nitrogens with two attached hydrogens (primary N) is 1. The highest BCUT2D eigenvalue weighted by Crippen LogP contribution is 2.40. The third-order valence-electron chi connectivity index (χ3n) is 5.98. The summed E-state index contributed by atoms with van der Waals surface area (Å²) in [6.07, 6.45) is 4.21. The van der Waals surface area contributed by atoms with Crippen molar-refractivity contribution in [2.45, 2.75) is 25.3 Å². The molecule has 10 heteroatoms. The van der Waals surface area contributed by atoms with Gasteiger partial charge in [0.25, 0.3) is 5.56 Å². The number of rotatable bonds is 5. The van der Waals surface area contributed by atoms with Gasteiger partial charge in [0.2, 0.25) is 0 Å². The van der Waals surface area contributed by atoms with Gasteiger partial charge < -0.3 is 15.6 Å². The second-order valence-corrected chi connectivity index (χ2v) is 9.09. The first kappa shape index (κ1) is 23.2. The van der Waals surface area contributed by atoms with Gasteiger partial charge >= 0.3 is 5.69 Å². The summed E-state index contributed by atoms with van der Waals surface area (Å²) < 4.78 is 6.90. The van der Waals surface area contributed by atoms with Crippen molar-refractivity contribution in [3.8, 4) is 22.9 Å². The molecule has 5 rings (SSSR count). The van der Waals surface area contributed by atoms with Crippen LogP contribution in [0.5, 0.6) is 17.2 Å². The number of halogens is 2. The third kappa shape index (κ3) is 4.55. The highest BCUT2D eigenvalue weighted by Gasteiger charge is 2.19. The Balaban J connectivity index is 1.45. The Morgan fingerprint density at radius 2 is 1.77 bits per heavy atom. The number of H-pyrrole nitrogens is 1. The van der Waals surface area contributed by atoms with Crippen molar-refractivity contribution in [1.82, 2.24) is 14.8 Å². The number of phenols is 1. The molecular weight excluding hydrogens is 491 g/mol. The largest absolute Gasteiger partial charge is 0.508 e. The molecule has 1 unspecified atom stereocenters. The van der Waals surface area contributed by atoms with Crippen LogP contribution in [0.1, 0.15) is 34.7 Å². The van der Waals surface area contributed by atoms with Crippen LogP contribution in [-0.4, -0.2) is 19.9 Å². The van der Waals surface area contributed by atoms with Gasteiger partial charge in [-0.3, -0.25) is 9.78 Å². The van der Waals surface area contributed by atoms with Gasteiger partial charge in [0.05, 0.1) is 21.8 Å². The minimum absolute atomic E-state index is 0.0430. The molecule has 0 saturated heterocycles. The third-order valence-corrected chi connectivity index (χ3v) is 6.54. The van der Waals surface area contributed by atoms with Gasteiger partial charge in [-0.1, -0.05) is 41.4 Å². The number of fused-ring (bicyclic) bond motifs is 1. The first-order valence-corrected chi connectivity index (χ1v) is 11.6. The van der Waals surface area contributed by atoms with E-state index in [4.69, 9.17) is 33.7 Å². The van der Waals surface area contributed by atoms with Crippen LogP contribution in [0.4, 0.5) is 0 Å². The zero-order valence-corrected chi connectivity index (χ0v) is 19.8. The summed E-state index contributed by atoms with van der Waals surface area (Å²) in [5, 5.41) is 14.5. The Hall–Kier alpha value is -3.59. The summed E-state index contributed by atoms with van der Waals surface area (Å²) in [6, 6.07) is 13.2. The molecule has 4 aromatic rings. The number of hydrogen-bond acceptors (Lipinski definition) is 6. The van der Waals surface area contributed by atoms with Crippen molar-refractivity contribution in [3.05, 3.63) is 108 Å². The van der Waals surface area contributed by atoms with E-state index in [9.17, 15) is 14.7 Å². The van der Waals surface area contributed by atoms with E-state index in [1.165, 1.54) is 29.3 Å². The molecule has 0 radical (unpaired) electrons. The van der Waals surface area contributed by atoms with Crippen LogP contribution in [-0.2, 0) is 12.8 Å². The molecule has 1 heterocycles. The molecule has 178 valence electrons. The standard InChI is InChI=1S/C25H20Cl2N4O4/c26-19-9-16(31-25(34)30-22(33)12-29-31)10-20(27)24(19)35-17-6-7-21(32)18(11-17)23(28)15-5-4-13-2-1-3-14(13)8-15/h4-12,23,32H,1-3,28H2,(H,30,33,34). The molecular formula is C25H20Cl2N4O4. The molecule has 8 nitrogen and oxygen atoms in total. The molecule has 1 aliphatic rings. The van der Waals surface area contributed by atoms with Crippen molar-refractivity contribution >= 4 is 23.2 Å². The summed E-state index contributed by atoms with van der Waals surface area (Å²) in [7, 11) is 0. The van der Waals surface area contributed by atoms with Crippen LogP contribution in [0.2, 0.25) is 10.0 Å². The summed E-state index contributed by atoms with van der Waals surface area (Å²) in [4.78, 5) is 25.4. The monoisotopic (exact) mass is 510 g/mol. The number of ether oxygens (including phenoxy) is 1. The quantitative estimate of drug-likeness (QED) is 0.368. The molecule has 35 heavy (non-hydrogen) atoms. The van der Waals surface area contributed by atoms with Crippen LogP contribution in [0.15, 0.2) is 64.3 Å². The van der Waals surface area contributed by atoms with E-state index in [1.54, 1.807) is 12.1 Å². The maximum absolute atomic E-state index is 12.0. The Morgan fingerprint density at radius 1 is 1.03 bits per heavy atom. The Bertz CT molecular complexity index is 1540. The van der Waals surface area contributed by atoms with Crippen molar-refractivity contribution in [3.63, 3.8) is 0 Å². The molecule has 1 atom stereocenters. The summed E-state index contributed by atoms with van der Waals surface area (Å²) >= 11 is 12.8. The fraction of sp³-hybridized carbons (Fsp3) is 0.160. The first-order valence-electron chi connectivity index (χ1n) is 10.9. The van der Waals surface area contributed by atoms with Crippen molar-refractivity contribution in [2.75, 3.05) is 0 Å². The lowest BCUT2D eigenvalue weighted by atomic mass is 9.95. The van der Waals surface area contributed by atoms with E-state index in [-0.39, 0.29) is 27.2 Å². The molecule has 3 aromatic carbocycles. The summed E-state index contributed by atoms with van der Waals surface area (Å²) in [6.45, 7) is 0. The van der Waals surface area contributed by atoms with E-state index < -0.39 is 17.3 Å². The van der Waals surface area contributed by atoms with Gasteiger partial charge in [0.15, 0.2) is 5.75 Å². The number of benzene rings is 3. The molecule has 1 aliphatic carbocycles. The lowest BCUT2D eigenvalue weighted by Crippen LogP contribution is -2.30. The molecule has 0 aliphatic heterocycles. The van der Waals surface area contributed by atoms with Gasteiger partial charge in [0.1, 0.15) is 17.7 Å². The smallest absolute Gasteiger partial charge is 0.349 e. The first-order chi connectivity index (χ1) is 16.8. The van der Waals surface area contributed by atoms with E-state index >= 15 is 0 Å². The fourth-order valence-corrected chi connectivity index (χ4v) is 4.78. The van der Waals surface area contributed by atoms with E-state index in [0.717, 1.165) is 35.7 Å². The predicted octanol–water partition coefficient (Wildman–Crippen LogP) is 4.26. The lowest BCUT2D eigenvalue weighted by Gasteiger charge is -2.17. The van der Waals surface area contributed by atoms with Gasteiger partial charge in [-0.2, -0.15) is 9.78 Å². The summed E-state index contributed by atoms with van der Waals surface area (Å²) in [5.41, 5.74) is 9.43. The lowest BCUT2D eigenvalue weighted by molar-refractivity contribution is 0.455. The summed E-state index contributed by atoms with van der Waals surface area (Å²) in [5.74, 6) is 0.559. The molecule has 1 aromatic heterocycles. The van der Waals surface area contributed by atoms with Crippen molar-refractivity contribution < 1.29 is 9.84 Å². The van der Waals surface area contributed by atoms with Crippen molar-refractivity contribution in [1.29, 1.82) is 0 Å². The number of aryl methyl sites for hydroxylation is 2. The Kier molecular flexibility index (Phi) is 6.10. The zero-order valence-electron chi connectivity index (χ0n) is 18.3. The van der Waals surface area contributed by atoms with Crippen LogP contribution in [0.3, 0.4) is 0 Å². The molecule has 4 N–H and O–H groups in total. The van der Waals surface area contributed by atoms with Crippen LogP contribution >= 0.6 is 23.2 Å². The Morgan fingerprint density at radius 3 is 2.51 bits per heavy atom. The second kappa shape index (κ2) is 9.22. The normalized spacial score (nSPS) is 13.5. The van der Waals surface area contributed by atoms with Gasteiger partial charge in [-0.25, -0.2) is 4.79 Å². The fourth-order valence-electron chi connectivity index (χ4n) is 4.23. The molecule has 0 amide bonds. The number of nitrogens with one attached hydrogen (secondary N) is 1. The minimum atomic E-state index is -0.734. The molecule has 0 fully saturated rings. The number of aromatic hydroxyl groups is 1. The van der Waals surface area contributed by atoms with Gasteiger partial charge in [0, 0.05) is 5.56 Å². The van der Waals surface area contributed by atoms with Crippen molar-refractivity contribution in [2.24, 2.45) is 5.73 Å². The van der Waals surface area contributed by atoms with Crippen LogP contribution in [0, 0.1) is 0 Å². The number of phenolic OH excluding ortho intramolecular Hbond substituents is 1. The maximum atomic E-state index is 12.0. The minimum Gasteiger partial charge on any atom is -0.508 e. The average molecular weight is 511 g/mol. The van der Waals surface area contributed by atoms with Gasteiger partial charge in [-0.05, 0) is 66.3 Å². The maximum Gasteiger partial charge on any atom is 0.349 e. The number of nitrogens with zero attached hydrogens (tertiary/aromatic N) is 2. The average Bonchev–Trinajstić information content (AvgIpc) is 3.30. The zero-order chi connectivity index (χ0) is 24.7. The molecule has 0 bridgehead atoms. The van der Waals surface area contributed by atoms with Crippen LogP contribution < -0.4 is 21.7 Å². The molecule has 0 spiro atoms. The number of aromatic nitrogens is 3. The topological polar surface area (TPSA) is 123 Å². The number of aromatic amines is 1. The Labute approximate surface area is 209 Å². The van der Waals surface area contributed by atoms with E-state index in [1.807, 2.05) is 6.07 Å². The predicted molar refractivity (Wildman–Crippen MR) is 133 cm³/mol. The van der Waals surface area contributed by atoms with E-state index in [2.05, 4.69) is 22.2 Å². The number of hydrogen-bond donors (Lipinski definition) is 3.